The van der Waals surface area contributed by atoms with Gasteiger partial charge in [0, 0.05) is 24.0 Å². The molecule has 19 heavy (non-hydrogen) atoms. The predicted molar refractivity (Wildman–Crippen MR) is 71.2 cm³/mol. The fourth-order valence-electron chi connectivity index (χ4n) is 2.49. The molecule has 0 saturated heterocycles. The normalized spacial score (nSPS) is 15.0. The third-order valence-corrected chi connectivity index (χ3v) is 3.49. The van der Waals surface area contributed by atoms with Crippen LogP contribution in [0, 0.1) is 5.82 Å². The number of aromatic nitrogens is 3. The molecule has 4 rings (SSSR count). The lowest BCUT2D eigenvalue weighted by Crippen LogP contribution is -1.98. The van der Waals surface area contributed by atoms with Crippen molar-refractivity contribution in [3.8, 4) is 11.4 Å². The number of halogens is 1. The average Bonchev–Trinajstić information content (AvgIpc) is 3.20. The van der Waals surface area contributed by atoms with E-state index in [1.165, 1.54) is 6.07 Å². The second-order valence-corrected chi connectivity index (χ2v) is 4.89. The fraction of sp³-hybridized carbons (Fsp3) is 0.200. The number of para-hydroxylation sites is 1. The summed E-state index contributed by atoms with van der Waals surface area (Å²) in [5, 5.41) is 0. The van der Waals surface area contributed by atoms with Crippen LogP contribution < -0.4 is 0 Å². The smallest absolute Gasteiger partial charge is 0.149 e. The van der Waals surface area contributed by atoms with Crippen LogP contribution >= 0.6 is 0 Å². The second-order valence-electron chi connectivity index (χ2n) is 4.89. The summed E-state index contributed by atoms with van der Waals surface area (Å²) in [5.74, 6) is 0.614. The highest BCUT2D eigenvalue weighted by molar-refractivity contribution is 5.81. The van der Waals surface area contributed by atoms with Crippen LogP contribution in [0.5, 0.6) is 0 Å². The van der Waals surface area contributed by atoms with Gasteiger partial charge in [-0.05, 0) is 37.1 Å². The summed E-state index contributed by atoms with van der Waals surface area (Å²) in [7, 11) is 0. The Morgan fingerprint density at radius 1 is 1.16 bits per heavy atom. The summed E-state index contributed by atoms with van der Waals surface area (Å²) in [4.78, 5) is 8.72. The van der Waals surface area contributed by atoms with Gasteiger partial charge in [0.25, 0.3) is 0 Å². The van der Waals surface area contributed by atoms with Crippen LogP contribution in [-0.2, 0) is 0 Å². The average molecular weight is 253 g/mol. The summed E-state index contributed by atoms with van der Waals surface area (Å²) >= 11 is 0. The van der Waals surface area contributed by atoms with Crippen LogP contribution in [0.2, 0.25) is 0 Å². The Bertz CT molecular complexity index is 745. The molecule has 4 heteroatoms. The minimum absolute atomic E-state index is 0.202. The topological polar surface area (TPSA) is 30.7 Å². The van der Waals surface area contributed by atoms with Crippen molar-refractivity contribution < 1.29 is 4.39 Å². The Labute approximate surface area is 109 Å². The number of fused-ring (bicyclic) bond motifs is 1. The van der Waals surface area contributed by atoms with Gasteiger partial charge in [-0.1, -0.05) is 6.07 Å². The summed E-state index contributed by atoms with van der Waals surface area (Å²) in [6, 6.07) is 9.27. The van der Waals surface area contributed by atoms with Gasteiger partial charge >= 0.3 is 0 Å². The predicted octanol–water partition coefficient (Wildman–Crippen LogP) is 3.57. The maximum absolute atomic E-state index is 14.1. The minimum atomic E-state index is -0.202. The third-order valence-electron chi connectivity index (χ3n) is 3.49. The summed E-state index contributed by atoms with van der Waals surface area (Å²) in [6.07, 6.45) is 5.69. The van der Waals surface area contributed by atoms with E-state index in [0.717, 1.165) is 24.2 Å². The quantitative estimate of drug-likeness (QED) is 0.699. The van der Waals surface area contributed by atoms with Crippen molar-refractivity contribution in [2.75, 3.05) is 0 Å². The van der Waals surface area contributed by atoms with Gasteiger partial charge in [0.15, 0.2) is 0 Å². The van der Waals surface area contributed by atoms with Crippen molar-refractivity contribution in [2.45, 2.75) is 18.9 Å². The molecule has 1 fully saturated rings. The van der Waals surface area contributed by atoms with Gasteiger partial charge in [0.2, 0.25) is 0 Å². The molecule has 0 aliphatic heterocycles. The standard InChI is InChI=1S/C15H12FN3/c16-12-4-1-5-13-14(12)19(11-6-7-11)15(18-13)10-3-2-8-17-9-10/h1-5,8-9,11H,6-7H2. The first-order valence-corrected chi connectivity index (χ1v) is 6.41. The molecule has 0 N–H and O–H groups in total. The molecule has 2 aromatic heterocycles. The minimum Gasteiger partial charge on any atom is -0.318 e. The summed E-state index contributed by atoms with van der Waals surface area (Å²) in [6.45, 7) is 0. The van der Waals surface area contributed by atoms with Crippen molar-refractivity contribution in [2.24, 2.45) is 0 Å². The van der Waals surface area contributed by atoms with Crippen molar-refractivity contribution in [3.63, 3.8) is 0 Å². The van der Waals surface area contributed by atoms with E-state index in [4.69, 9.17) is 0 Å². The molecule has 1 aromatic carbocycles. The largest absolute Gasteiger partial charge is 0.318 e. The van der Waals surface area contributed by atoms with Gasteiger partial charge in [0.05, 0.1) is 5.52 Å². The molecule has 0 amide bonds. The summed E-state index contributed by atoms with van der Waals surface area (Å²) in [5.41, 5.74) is 2.26. The van der Waals surface area contributed by atoms with Crippen molar-refractivity contribution in [1.82, 2.24) is 14.5 Å². The van der Waals surface area contributed by atoms with Crippen LogP contribution in [0.25, 0.3) is 22.4 Å². The lowest BCUT2D eigenvalue weighted by Gasteiger charge is -2.07. The van der Waals surface area contributed by atoms with Gasteiger partial charge in [-0.3, -0.25) is 4.98 Å². The first-order valence-electron chi connectivity index (χ1n) is 6.41. The van der Waals surface area contributed by atoms with Crippen LogP contribution in [0.3, 0.4) is 0 Å². The van der Waals surface area contributed by atoms with E-state index in [1.807, 2.05) is 22.8 Å². The molecule has 0 spiro atoms. The second kappa shape index (κ2) is 3.88. The molecule has 1 aliphatic rings. The first kappa shape index (κ1) is 10.7. The van der Waals surface area contributed by atoms with Gasteiger partial charge < -0.3 is 4.57 Å². The Morgan fingerprint density at radius 3 is 2.79 bits per heavy atom. The number of rotatable bonds is 2. The molecule has 1 saturated carbocycles. The van der Waals surface area contributed by atoms with Crippen molar-refractivity contribution in [3.05, 3.63) is 48.5 Å². The molecule has 2 heterocycles. The number of pyridine rings is 1. The van der Waals surface area contributed by atoms with Gasteiger partial charge in [-0.25, -0.2) is 9.37 Å². The zero-order valence-corrected chi connectivity index (χ0v) is 10.3. The van der Waals surface area contributed by atoms with E-state index in [1.54, 1.807) is 18.5 Å². The molecular formula is C15H12FN3. The van der Waals surface area contributed by atoms with Crippen molar-refractivity contribution in [1.29, 1.82) is 0 Å². The highest BCUT2D eigenvalue weighted by atomic mass is 19.1. The molecule has 3 nitrogen and oxygen atoms in total. The van der Waals surface area contributed by atoms with Gasteiger partial charge in [-0.15, -0.1) is 0 Å². The summed E-state index contributed by atoms with van der Waals surface area (Å²) < 4.78 is 16.1. The monoisotopic (exact) mass is 253 g/mol. The highest BCUT2D eigenvalue weighted by Gasteiger charge is 2.29. The lowest BCUT2D eigenvalue weighted by atomic mass is 10.2. The SMILES string of the molecule is Fc1cccc2nc(-c3cccnc3)n(C3CC3)c12. The zero-order valence-electron chi connectivity index (χ0n) is 10.3. The lowest BCUT2D eigenvalue weighted by molar-refractivity contribution is 0.625. The Kier molecular flexibility index (Phi) is 2.18. The van der Waals surface area contributed by atoms with Gasteiger partial charge in [-0.2, -0.15) is 0 Å². The van der Waals surface area contributed by atoms with Gasteiger partial charge in [0.1, 0.15) is 17.2 Å². The molecule has 0 atom stereocenters. The van der Waals surface area contributed by atoms with E-state index >= 15 is 0 Å². The van der Waals surface area contributed by atoms with Crippen LogP contribution in [0.4, 0.5) is 4.39 Å². The third kappa shape index (κ3) is 1.63. The number of imidazole rings is 1. The van der Waals surface area contributed by atoms with E-state index in [9.17, 15) is 4.39 Å². The fourth-order valence-corrected chi connectivity index (χ4v) is 2.49. The van der Waals surface area contributed by atoms with Crippen molar-refractivity contribution >= 4 is 11.0 Å². The maximum Gasteiger partial charge on any atom is 0.149 e. The zero-order chi connectivity index (χ0) is 12.8. The maximum atomic E-state index is 14.1. The van der Waals surface area contributed by atoms with Crippen LogP contribution in [0.15, 0.2) is 42.7 Å². The number of benzene rings is 1. The van der Waals surface area contributed by atoms with Crippen LogP contribution in [-0.4, -0.2) is 14.5 Å². The molecule has 1 aliphatic carbocycles. The Hall–Kier alpha value is -2.23. The Morgan fingerprint density at radius 2 is 2.05 bits per heavy atom. The highest BCUT2D eigenvalue weighted by Crippen LogP contribution is 2.41. The number of hydrogen-bond acceptors (Lipinski definition) is 2. The number of hydrogen-bond donors (Lipinski definition) is 0. The van der Waals surface area contributed by atoms with Crippen LogP contribution in [0.1, 0.15) is 18.9 Å². The molecule has 0 unspecified atom stereocenters. The van der Waals surface area contributed by atoms with E-state index < -0.39 is 0 Å². The van der Waals surface area contributed by atoms with E-state index in [2.05, 4.69) is 9.97 Å². The van der Waals surface area contributed by atoms with E-state index in [0.29, 0.717) is 17.1 Å². The molecule has 0 bridgehead atoms. The molecule has 0 radical (unpaired) electrons. The number of nitrogens with zero attached hydrogens (tertiary/aromatic N) is 3. The molecule has 3 aromatic rings. The molecule has 94 valence electrons. The first-order chi connectivity index (χ1) is 9.34. The molecular weight excluding hydrogens is 241 g/mol. The van der Waals surface area contributed by atoms with E-state index in [-0.39, 0.29) is 5.82 Å². The Balaban J connectivity index is 2.05.